The summed E-state index contributed by atoms with van der Waals surface area (Å²) in [5.74, 6) is 1.34. The van der Waals surface area contributed by atoms with Crippen molar-refractivity contribution in [2.24, 2.45) is 0 Å². The lowest BCUT2D eigenvalue weighted by atomic mass is 10.0. The molecule has 28 heavy (non-hydrogen) atoms. The number of thioether (sulfide) groups is 1. The monoisotopic (exact) mass is 416 g/mol. The number of benzene rings is 1. The molecule has 0 aliphatic heterocycles. The third-order valence-corrected chi connectivity index (χ3v) is 6.79. The van der Waals surface area contributed by atoms with E-state index >= 15 is 0 Å². The highest BCUT2D eigenvalue weighted by atomic mass is 32.2. The van der Waals surface area contributed by atoms with Gasteiger partial charge in [0.2, 0.25) is 11.0 Å². The normalized spacial score (nSPS) is 16.4. The predicted octanol–water partition coefficient (Wildman–Crippen LogP) is 4.83. The molecule has 1 N–H and O–H groups in total. The maximum Gasteiger partial charge on any atom is 0.237 e. The Morgan fingerprint density at radius 3 is 2.93 bits per heavy atom. The van der Waals surface area contributed by atoms with Crippen LogP contribution in [-0.2, 0) is 4.79 Å². The Balaban J connectivity index is 1.36. The lowest BCUT2D eigenvalue weighted by Gasteiger charge is -2.27. The zero-order valence-corrected chi connectivity index (χ0v) is 17.5. The van der Waals surface area contributed by atoms with Gasteiger partial charge < -0.3 is 15.0 Å². The molecule has 1 heterocycles. The second kappa shape index (κ2) is 8.96. The molecule has 6 nitrogen and oxygen atoms in total. The number of nitrogens with one attached hydrogen (secondary N) is 1. The summed E-state index contributed by atoms with van der Waals surface area (Å²) in [5.41, 5.74) is 2.08. The van der Waals surface area contributed by atoms with Crippen molar-refractivity contribution in [1.82, 2.24) is 15.1 Å². The molecular weight excluding hydrogens is 392 g/mol. The number of hydrogen-bond acceptors (Lipinski definition) is 7. The van der Waals surface area contributed by atoms with E-state index in [-0.39, 0.29) is 5.91 Å². The SMILES string of the molecule is COc1ccccc1Nc1nnc(SCC(=O)N(C2=CCCCC2)C2CC2)s1. The van der Waals surface area contributed by atoms with E-state index in [1.807, 2.05) is 24.3 Å². The number of allylic oxidation sites excluding steroid dienone is 2. The highest BCUT2D eigenvalue weighted by Crippen LogP contribution is 2.36. The highest BCUT2D eigenvalue weighted by molar-refractivity contribution is 8.01. The molecule has 1 aromatic carbocycles. The first-order chi connectivity index (χ1) is 13.7. The number of nitrogens with zero attached hydrogens (tertiary/aromatic N) is 3. The van der Waals surface area contributed by atoms with Gasteiger partial charge in [-0.15, -0.1) is 10.2 Å². The minimum Gasteiger partial charge on any atom is -0.495 e. The predicted molar refractivity (Wildman–Crippen MR) is 113 cm³/mol. The fourth-order valence-corrected chi connectivity index (χ4v) is 4.97. The van der Waals surface area contributed by atoms with Crippen molar-refractivity contribution >= 4 is 39.8 Å². The maximum absolute atomic E-state index is 12.9. The Labute approximate surface area is 173 Å². The molecule has 1 saturated carbocycles. The van der Waals surface area contributed by atoms with Gasteiger partial charge in [-0.3, -0.25) is 4.79 Å². The average molecular weight is 417 g/mol. The van der Waals surface area contributed by atoms with Gasteiger partial charge in [-0.25, -0.2) is 0 Å². The Bertz CT molecular complexity index is 863. The van der Waals surface area contributed by atoms with Crippen LogP contribution in [0, 0.1) is 0 Å². The highest BCUT2D eigenvalue weighted by Gasteiger charge is 2.35. The van der Waals surface area contributed by atoms with Crippen LogP contribution in [-0.4, -0.2) is 39.9 Å². The summed E-state index contributed by atoms with van der Waals surface area (Å²) >= 11 is 2.91. The van der Waals surface area contributed by atoms with E-state index in [1.54, 1.807) is 7.11 Å². The van der Waals surface area contributed by atoms with Crippen LogP contribution < -0.4 is 10.1 Å². The number of hydrogen-bond donors (Lipinski definition) is 1. The van der Waals surface area contributed by atoms with Gasteiger partial charge >= 0.3 is 0 Å². The molecule has 1 fully saturated rings. The summed E-state index contributed by atoms with van der Waals surface area (Å²) in [7, 11) is 1.64. The van der Waals surface area contributed by atoms with Crippen LogP contribution in [0.4, 0.5) is 10.8 Å². The van der Waals surface area contributed by atoms with Gasteiger partial charge in [0.1, 0.15) is 5.75 Å². The standard InChI is InChI=1S/C20H24N4O2S2/c1-26-17-10-6-5-9-16(17)21-19-22-23-20(28-19)27-13-18(25)24(15-11-12-15)14-7-3-2-4-8-14/h5-7,9-10,15H,2-4,8,11-13H2,1H3,(H,21,22). The van der Waals surface area contributed by atoms with Gasteiger partial charge in [0.15, 0.2) is 4.34 Å². The quantitative estimate of drug-likeness (QED) is 0.622. The third kappa shape index (κ3) is 4.67. The van der Waals surface area contributed by atoms with Crippen molar-refractivity contribution in [3.63, 3.8) is 0 Å². The Morgan fingerprint density at radius 1 is 1.32 bits per heavy atom. The van der Waals surface area contributed by atoms with Crippen LogP contribution in [0.15, 0.2) is 40.4 Å². The van der Waals surface area contributed by atoms with Gasteiger partial charge in [-0.1, -0.05) is 41.3 Å². The molecule has 1 amide bonds. The molecule has 2 aliphatic carbocycles. The number of para-hydroxylation sites is 2. The number of methoxy groups -OCH3 is 1. The Kier molecular flexibility index (Phi) is 6.17. The second-order valence-electron chi connectivity index (χ2n) is 6.92. The average Bonchev–Trinajstić information content (AvgIpc) is 3.46. The van der Waals surface area contributed by atoms with E-state index in [4.69, 9.17) is 4.74 Å². The van der Waals surface area contributed by atoms with Crippen LogP contribution >= 0.6 is 23.1 Å². The second-order valence-corrected chi connectivity index (χ2v) is 9.12. The molecule has 0 unspecified atom stereocenters. The summed E-state index contributed by atoms with van der Waals surface area (Å²) in [4.78, 5) is 14.9. The molecule has 0 saturated heterocycles. The van der Waals surface area contributed by atoms with Gasteiger partial charge in [0.05, 0.1) is 18.6 Å². The van der Waals surface area contributed by atoms with E-state index in [9.17, 15) is 4.79 Å². The lowest BCUT2D eigenvalue weighted by molar-refractivity contribution is -0.127. The summed E-state index contributed by atoms with van der Waals surface area (Å²) in [6.07, 6.45) is 9.04. The van der Waals surface area contributed by atoms with Crippen LogP contribution in [0.5, 0.6) is 5.75 Å². The van der Waals surface area contributed by atoms with Crippen molar-refractivity contribution < 1.29 is 9.53 Å². The number of anilines is 2. The van der Waals surface area contributed by atoms with E-state index in [0.717, 1.165) is 41.5 Å². The van der Waals surface area contributed by atoms with Crippen LogP contribution in [0.3, 0.4) is 0 Å². The smallest absolute Gasteiger partial charge is 0.237 e. The van der Waals surface area contributed by atoms with Crippen LogP contribution in [0.2, 0.25) is 0 Å². The molecule has 4 rings (SSSR count). The van der Waals surface area contributed by atoms with Crippen LogP contribution in [0.25, 0.3) is 0 Å². The van der Waals surface area contributed by atoms with Gasteiger partial charge in [0.25, 0.3) is 0 Å². The zero-order valence-electron chi connectivity index (χ0n) is 15.9. The maximum atomic E-state index is 12.9. The molecule has 0 radical (unpaired) electrons. The van der Waals surface area contributed by atoms with E-state index in [1.165, 1.54) is 41.6 Å². The molecule has 8 heteroatoms. The molecule has 2 aliphatic rings. The molecule has 0 atom stereocenters. The van der Waals surface area contributed by atoms with E-state index in [0.29, 0.717) is 16.9 Å². The third-order valence-electron chi connectivity index (χ3n) is 4.83. The number of carbonyl (C=O) groups excluding carboxylic acids is 1. The Morgan fingerprint density at radius 2 is 2.18 bits per heavy atom. The van der Waals surface area contributed by atoms with Crippen molar-refractivity contribution in [2.45, 2.75) is 48.9 Å². The molecule has 1 aromatic heterocycles. The first-order valence-electron chi connectivity index (χ1n) is 9.62. The minimum absolute atomic E-state index is 0.190. The van der Waals surface area contributed by atoms with Gasteiger partial charge in [-0.05, 0) is 50.7 Å². The minimum atomic E-state index is 0.190. The summed E-state index contributed by atoms with van der Waals surface area (Å²) < 4.78 is 6.14. The van der Waals surface area contributed by atoms with Crippen molar-refractivity contribution in [1.29, 1.82) is 0 Å². The van der Waals surface area contributed by atoms with E-state index in [2.05, 4.69) is 26.5 Å². The Hall–Kier alpha value is -2.06. The van der Waals surface area contributed by atoms with Gasteiger partial charge in [0, 0.05) is 11.7 Å². The number of rotatable bonds is 8. The summed E-state index contributed by atoms with van der Waals surface area (Å²) in [6, 6.07) is 8.10. The molecule has 0 spiro atoms. The zero-order chi connectivity index (χ0) is 19.3. The van der Waals surface area contributed by atoms with Crippen molar-refractivity contribution in [2.75, 3.05) is 18.2 Å². The topological polar surface area (TPSA) is 67.3 Å². The first kappa shape index (κ1) is 19.3. The molecule has 0 bridgehead atoms. The number of carbonyl (C=O) groups is 1. The summed E-state index contributed by atoms with van der Waals surface area (Å²) in [6.45, 7) is 0. The van der Waals surface area contributed by atoms with Crippen molar-refractivity contribution in [3.8, 4) is 5.75 Å². The molecule has 148 valence electrons. The number of aromatic nitrogens is 2. The fourth-order valence-electron chi connectivity index (χ4n) is 3.35. The lowest BCUT2D eigenvalue weighted by Crippen LogP contribution is -2.34. The molecule has 2 aromatic rings. The number of ether oxygens (including phenoxy) is 1. The number of amides is 1. The van der Waals surface area contributed by atoms with Crippen molar-refractivity contribution in [3.05, 3.63) is 36.0 Å². The first-order valence-corrected chi connectivity index (χ1v) is 11.4. The largest absolute Gasteiger partial charge is 0.495 e. The fraction of sp³-hybridized carbons (Fsp3) is 0.450. The van der Waals surface area contributed by atoms with Gasteiger partial charge in [-0.2, -0.15) is 0 Å². The van der Waals surface area contributed by atoms with E-state index < -0.39 is 0 Å². The molecular formula is C20H24N4O2S2. The van der Waals surface area contributed by atoms with Crippen LogP contribution in [0.1, 0.15) is 38.5 Å². The summed E-state index contributed by atoms with van der Waals surface area (Å²) in [5, 5.41) is 12.3.